The number of rotatable bonds is 2. The van der Waals surface area contributed by atoms with E-state index in [2.05, 4.69) is 0 Å². The van der Waals surface area contributed by atoms with Gasteiger partial charge in [-0.3, -0.25) is 0 Å². The molecule has 0 aliphatic rings. The minimum atomic E-state index is -1.20. The first-order chi connectivity index (χ1) is 9.24. The summed E-state index contributed by atoms with van der Waals surface area (Å²) in [6.45, 7) is 0. The van der Waals surface area contributed by atoms with Gasteiger partial charge in [0.25, 0.3) is 0 Å². The zero-order valence-electron chi connectivity index (χ0n) is 10.2. The zero-order valence-corrected chi connectivity index (χ0v) is 10.2. The predicted molar refractivity (Wildman–Crippen MR) is 74.1 cm³/mol. The van der Waals surface area contributed by atoms with Crippen LogP contribution in [0.1, 0.15) is 5.56 Å². The van der Waals surface area contributed by atoms with Crippen molar-refractivity contribution in [2.24, 2.45) is 0 Å². The van der Waals surface area contributed by atoms with Crippen LogP contribution in [-0.2, 0) is 4.79 Å². The molecule has 0 unspecified atom stereocenters. The molecule has 0 heterocycles. The molecule has 0 spiro atoms. The van der Waals surface area contributed by atoms with Gasteiger partial charge in [0.1, 0.15) is 11.6 Å². The van der Waals surface area contributed by atoms with Crippen LogP contribution < -0.4 is 0 Å². The molecule has 0 atom stereocenters. The minimum Gasteiger partial charge on any atom is -0.477 e. The van der Waals surface area contributed by atoms with Crippen LogP contribution >= 0.6 is 0 Å². The van der Waals surface area contributed by atoms with Crippen molar-refractivity contribution >= 4 is 12.0 Å². The minimum absolute atomic E-state index is 0.258. The summed E-state index contributed by atoms with van der Waals surface area (Å²) in [5.41, 5.74) is 0.452. The summed E-state index contributed by atoms with van der Waals surface area (Å²) in [6.07, 6.45) is 1.34. The first-order valence-electron chi connectivity index (χ1n) is 5.64. The van der Waals surface area contributed by atoms with Gasteiger partial charge in [0, 0.05) is 0 Å². The smallest absolute Gasteiger partial charge is 0.346 e. The Morgan fingerprint density at radius 3 is 1.74 bits per heavy atom. The van der Waals surface area contributed by atoms with E-state index in [9.17, 15) is 4.79 Å². The summed E-state index contributed by atoms with van der Waals surface area (Å²) < 4.78 is 0. The van der Waals surface area contributed by atoms with Gasteiger partial charge in [0.15, 0.2) is 0 Å². The quantitative estimate of drug-likeness (QED) is 0.657. The Hall–Kier alpha value is -2.86. The van der Waals surface area contributed by atoms with E-state index in [0.29, 0.717) is 5.56 Å². The first kappa shape index (κ1) is 14.2. The molecule has 94 valence electrons. The average molecular weight is 251 g/mol. The van der Waals surface area contributed by atoms with Gasteiger partial charge in [-0.2, -0.15) is 5.26 Å². The second kappa shape index (κ2) is 8.26. The summed E-state index contributed by atoms with van der Waals surface area (Å²) in [5.74, 6) is -1.20. The molecule has 19 heavy (non-hydrogen) atoms. The lowest BCUT2D eigenvalue weighted by Gasteiger charge is -1.91. The van der Waals surface area contributed by atoms with Crippen molar-refractivity contribution in [2.75, 3.05) is 0 Å². The molecule has 2 rings (SSSR count). The Bertz CT molecular complexity index is 542. The molecular weight excluding hydrogens is 238 g/mol. The third-order valence-electron chi connectivity index (χ3n) is 2.13. The van der Waals surface area contributed by atoms with E-state index in [4.69, 9.17) is 10.4 Å². The maximum atomic E-state index is 10.4. The van der Waals surface area contributed by atoms with Crippen LogP contribution in [-0.4, -0.2) is 11.1 Å². The van der Waals surface area contributed by atoms with Crippen LogP contribution in [0.2, 0.25) is 0 Å². The van der Waals surface area contributed by atoms with Crippen molar-refractivity contribution in [1.29, 1.82) is 5.26 Å². The summed E-state index contributed by atoms with van der Waals surface area (Å²) in [5, 5.41) is 17.0. The standard InChI is InChI=1S/C10H7NO2.C6H6/c11-7-9(10(12)13)6-8-4-2-1-3-5-8;1-2-4-6-5-3-1/h1-6H,(H,12,13);1-6H. The number of benzene rings is 2. The SMILES string of the molecule is N#CC(=Cc1ccccc1)C(=O)O.c1ccccc1. The van der Waals surface area contributed by atoms with Crippen molar-refractivity contribution in [1.82, 2.24) is 0 Å². The van der Waals surface area contributed by atoms with Gasteiger partial charge < -0.3 is 5.11 Å². The molecule has 3 nitrogen and oxygen atoms in total. The molecule has 0 aromatic heterocycles. The van der Waals surface area contributed by atoms with E-state index in [0.717, 1.165) is 0 Å². The lowest BCUT2D eigenvalue weighted by Crippen LogP contribution is -1.97. The molecule has 0 aliphatic carbocycles. The predicted octanol–water partition coefficient (Wildman–Crippen LogP) is 3.36. The summed E-state index contributed by atoms with van der Waals surface area (Å²) >= 11 is 0. The molecule has 0 saturated heterocycles. The number of aliphatic carboxylic acids is 1. The summed E-state index contributed by atoms with van der Waals surface area (Å²) in [4.78, 5) is 10.4. The van der Waals surface area contributed by atoms with Gasteiger partial charge in [-0.05, 0) is 11.6 Å². The highest BCUT2D eigenvalue weighted by molar-refractivity contribution is 5.96. The van der Waals surface area contributed by atoms with E-state index < -0.39 is 5.97 Å². The molecule has 0 aliphatic heterocycles. The molecule has 0 bridgehead atoms. The zero-order chi connectivity index (χ0) is 13.9. The lowest BCUT2D eigenvalue weighted by atomic mass is 10.1. The monoisotopic (exact) mass is 251 g/mol. The molecule has 0 saturated carbocycles. The highest BCUT2D eigenvalue weighted by atomic mass is 16.4. The van der Waals surface area contributed by atoms with Gasteiger partial charge >= 0.3 is 5.97 Å². The Morgan fingerprint density at radius 2 is 1.37 bits per heavy atom. The summed E-state index contributed by atoms with van der Waals surface area (Å²) in [7, 11) is 0. The number of hydrogen-bond acceptors (Lipinski definition) is 2. The topological polar surface area (TPSA) is 61.1 Å². The van der Waals surface area contributed by atoms with Crippen LogP contribution in [0.25, 0.3) is 6.08 Å². The second-order valence-corrected chi connectivity index (χ2v) is 3.54. The Kier molecular flexibility index (Phi) is 6.18. The molecule has 0 amide bonds. The fraction of sp³-hybridized carbons (Fsp3) is 0. The van der Waals surface area contributed by atoms with Crippen molar-refractivity contribution in [2.45, 2.75) is 0 Å². The molecule has 2 aromatic rings. The van der Waals surface area contributed by atoms with E-state index in [-0.39, 0.29) is 5.57 Å². The van der Waals surface area contributed by atoms with Gasteiger partial charge in [0.2, 0.25) is 0 Å². The number of carboxylic acid groups (broad SMARTS) is 1. The fourth-order valence-electron chi connectivity index (χ4n) is 1.24. The molecule has 1 N–H and O–H groups in total. The van der Waals surface area contributed by atoms with E-state index >= 15 is 0 Å². The Morgan fingerprint density at radius 1 is 0.947 bits per heavy atom. The molecule has 0 fully saturated rings. The number of carboxylic acids is 1. The molecule has 3 heteroatoms. The lowest BCUT2D eigenvalue weighted by molar-refractivity contribution is -0.132. The number of hydrogen-bond donors (Lipinski definition) is 1. The van der Waals surface area contributed by atoms with E-state index in [1.165, 1.54) is 6.08 Å². The van der Waals surface area contributed by atoms with Crippen LogP contribution in [0, 0.1) is 11.3 Å². The highest BCUT2D eigenvalue weighted by Gasteiger charge is 2.04. The van der Waals surface area contributed by atoms with Crippen molar-refractivity contribution < 1.29 is 9.90 Å². The molecular formula is C16H13NO2. The average Bonchev–Trinajstić information content (AvgIpc) is 2.48. The Balaban J connectivity index is 0.000000250. The van der Waals surface area contributed by atoms with Gasteiger partial charge in [0.05, 0.1) is 0 Å². The summed E-state index contributed by atoms with van der Waals surface area (Å²) in [6, 6.07) is 22.5. The first-order valence-corrected chi connectivity index (χ1v) is 5.64. The van der Waals surface area contributed by atoms with Crippen LogP contribution in [0.15, 0.2) is 72.3 Å². The van der Waals surface area contributed by atoms with Gasteiger partial charge in [-0.15, -0.1) is 0 Å². The maximum absolute atomic E-state index is 10.4. The number of carbonyl (C=O) groups is 1. The van der Waals surface area contributed by atoms with Crippen molar-refractivity contribution in [3.63, 3.8) is 0 Å². The fourth-order valence-corrected chi connectivity index (χ4v) is 1.24. The van der Waals surface area contributed by atoms with Gasteiger partial charge in [-0.1, -0.05) is 66.7 Å². The van der Waals surface area contributed by atoms with Crippen LogP contribution in [0.3, 0.4) is 0 Å². The third kappa shape index (κ3) is 5.85. The number of nitrogens with zero attached hydrogens (tertiary/aromatic N) is 1. The second-order valence-electron chi connectivity index (χ2n) is 3.54. The highest BCUT2D eigenvalue weighted by Crippen LogP contribution is 2.05. The van der Waals surface area contributed by atoms with Crippen LogP contribution in [0.4, 0.5) is 0 Å². The molecule has 0 radical (unpaired) electrons. The third-order valence-corrected chi connectivity index (χ3v) is 2.13. The van der Waals surface area contributed by atoms with Crippen LogP contribution in [0.5, 0.6) is 0 Å². The van der Waals surface area contributed by atoms with Crippen molar-refractivity contribution in [3.05, 3.63) is 77.9 Å². The molecule has 2 aromatic carbocycles. The van der Waals surface area contributed by atoms with Gasteiger partial charge in [-0.25, -0.2) is 4.79 Å². The number of nitriles is 1. The maximum Gasteiger partial charge on any atom is 0.346 e. The Labute approximate surface area is 112 Å². The van der Waals surface area contributed by atoms with E-state index in [1.807, 2.05) is 42.5 Å². The largest absolute Gasteiger partial charge is 0.477 e. The van der Waals surface area contributed by atoms with E-state index in [1.54, 1.807) is 30.3 Å². The normalized spacial score (nSPS) is 9.74. The van der Waals surface area contributed by atoms with Crippen molar-refractivity contribution in [3.8, 4) is 6.07 Å².